The highest BCUT2D eigenvalue weighted by Gasteiger charge is 2.01. The van der Waals surface area contributed by atoms with Crippen molar-refractivity contribution in [3.05, 3.63) is 0 Å². The maximum absolute atomic E-state index is 10.2. The van der Waals surface area contributed by atoms with Crippen molar-refractivity contribution in [2.75, 3.05) is 18.6 Å². The molecule has 0 bridgehead atoms. The van der Waals surface area contributed by atoms with Crippen LogP contribution >= 0.6 is 10.7 Å². The molecule has 0 aromatic heterocycles. The molecule has 0 aliphatic carbocycles. The van der Waals surface area contributed by atoms with E-state index in [0.29, 0.717) is 0 Å². The quantitative estimate of drug-likeness (QED) is 0.475. The van der Waals surface area contributed by atoms with E-state index in [1.54, 1.807) is 0 Å². The maximum Gasteiger partial charge on any atom is 0.264 e. The number of halogens is 1. The lowest BCUT2D eigenvalue weighted by molar-refractivity contribution is 0.344. The van der Waals surface area contributed by atoms with Gasteiger partial charge in [-0.15, -0.1) is 0 Å². The Morgan fingerprint density at radius 2 is 2.10 bits per heavy atom. The van der Waals surface area contributed by atoms with Crippen molar-refractivity contribution in [3.63, 3.8) is 0 Å². The summed E-state index contributed by atoms with van der Waals surface area (Å²) in [5.74, 6) is 0.0224. The largest absolute Gasteiger partial charge is 0.269 e. The third-order valence-electron chi connectivity index (χ3n) is 0.541. The van der Waals surface area contributed by atoms with Crippen molar-refractivity contribution < 1.29 is 16.8 Å². The second kappa shape index (κ2) is 4.27. The molecule has 0 rings (SSSR count). The van der Waals surface area contributed by atoms with Gasteiger partial charge in [0.15, 0.2) is 0 Å². The second-order valence-electron chi connectivity index (χ2n) is 1.52. The highest BCUT2D eigenvalue weighted by atomic mass is 35.7. The fourth-order valence-electron chi connectivity index (χ4n) is 0.251. The molecule has 10 heavy (non-hydrogen) atoms. The average molecular weight is 207 g/mol. The molecule has 0 aliphatic heterocycles. The van der Waals surface area contributed by atoms with E-state index < -0.39 is 20.1 Å². The van der Waals surface area contributed by atoms with Crippen LogP contribution in [0.3, 0.4) is 0 Å². The topological polar surface area (TPSA) is 60.4 Å². The van der Waals surface area contributed by atoms with Crippen LogP contribution in [0.2, 0.25) is 0 Å². The molecule has 0 fully saturated rings. The predicted octanol–water partition coefficient (Wildman–Crippen LogP) is -0.135. The summed E-state index contributed by atoms with van der Waals surface area (Å²) in [6, 6.07) is 0. The number of hydrogen-bond acceptors (Lipinski definition) is 4. The van der Waals surface area contributed by atoms with Crippen LogP contribution < -0.4 is 0 Å². The Morgan fingerprint density at radius 3 is 2.40 bits per heavy atom. The molecule has 0 saturated heterocycles. The first kappa shape index (κ1) is 10.3. The monoisotopic (exact) mass is 206 g/mol. The Kier molecular flexibility index (Phi) is 4.42. The Bertz CT molecular complexity index is 209. The molecule has 0 heterocycles. The Balaban J connectivity index is 3.49. The van der Waals surface area contributed by atoms with Crippen LogP contribution in [0.1, 0.15) is 0 Å². The van der Waals surface area contributed by atoms with Crippen LogP contribution in [-0.4, -0.2) is 31.2 Å². The van der Waals surface area contributed by atoms with E-state index in [9.17, 15) is 12.6 Å². The third kappa shape index (κ3) is 8.35. The Labute approximate surface area is 66.6 Å². The Morgan fingerprint density at radius 1 is 1.60 bits per heavy atom. The summed E-state index contributed by atoms with van der Waals surface area (Å²) in [7, 11) is 0.0737. The summed E-state index contributed by atoms with van der Waals surface area (Å²) >= 11 is 0. The minimum atomic E-state index is -3.41. The predicted molar refractivity (Wildman–Crippen MR) is 39.7 cm³/mol. The first-order valence-electron chi connectivity index (χ1n) is 2.31. The molecule has 1 unspecified atom stereocenters. The van der Waals surface area contributed by atoms with Crippen LogP contribution in [0.15, 0.2) is 0 Å². The van der Waals surface area contributed by atoms with Gasteiger partial charge in [0.2, 0.25) is 0 Å². The van der Waals surface area contributed by atoms with E-state index >= 15 is 0 Å². The van der Waals surface area contributed by atoms with E-state index in [-0.39, 0.29) is 12.4 Å². The van der Waals surface area contributed by atoms with E-state index in [1.165, 1.54) is 0 Å². The van der Waals surface area contributed by atoms with Crippen molar-refractivity contribution in [1.82, 2.24) is 0 Å². The van der Waals surface area contributed by atoms with Gasteiger partial charge in [-0.25, -0.2) is 4.21 Å². The van der Waals surface area contributed by atoms with Gasteiger partial charge in [0.1, 0.15) is 10.0 Å². The van der Waals surface area contributed by atoms with Crippen molar-refractivity contribution in [1.29, 1.82) is 0 Å². The SMILES string of the molecule is CS(=O)(=O)OCCS(=O)Cl. The molecule has 0 aliphatic rings. The molecule has 62 valence electrons. The van der Waals surface area contributed by atoms with Gasteiger partial charge in [0.05, 0.1) is 18.6 Å². The normalized spacial score (nSPS) is 15.0. The van der Waals surface area contributed by atoms with Gasteiger partial charge in [0.25, 0.3) is 10.1 Å². The minimum absolute atomic E-state index is 0.0224. The third-order valence-corrected chi connectivity index (χ3v) is 2.09. The molecular weight excluding hydrogens is 200 g/mol. The summed E-state index contributed by atoms with van der Waals surface area (Å²) in [5.41, 5.74) is 0. The number of hydrogen-bond donors (Lipinski definition) is 0. The van der Waals surface area contributed by atoms with Crippen molar-refractivity contribution in [3.8, 4) is 0 Å². The van der Waals surface area contributed by atoms with Gasteiger partial charge in [-0.1, -0.05) is 0 Å². The van der Waals surface area contributed by atoms with Gasteiger partial charge in [-0.05, 0) is 10.7 Å². The zero-order valence-electron chi connectivity index (χ0n) is 5.24. The van der Waals surface area contributed by atoms with E-state index in [4.69, 9.17) is 10.7 Å². The van der Waals surface area contributed by atoms with E-state index in [0.717, 1.165) is 6.26 Å². The molecule has 0 saturated carbocycles. The summed E-state index contributed by atoms with van der Waals surface area (Å²) < 4.78 is 34.9. The molecule has 0 N–H and O–H groups in total. The second-order valence-corrected chi connectivity index (χ2v) is 5.18. The van der Waals surface area contributed by atoms with E-state index in [2.05, 4.69) is 4.18 Å². The number of rotatable bonds is 4. The summed E-state index contributed by atoms with van der Waals surface area (Å²) in [5, 5.41) is 0. The van der Waals surface area contributed by atoms with Gasteiger partial charge in [-0.3, -0.25) is 4.18 Å². The lowest BCUT2D eigenvalue weighted by Gasteiger charge is -1.95. The average Bonchev–Trinajstić information content (AvgIpc) is 1.59. The molecule has 7 heteroatoms. The van der Waals surface area contributed by atoms with E-state index in [1.807, 2.05) is 0 Å². The maximum atomic E-state index is 10.2. The first-order chi connectivity index (χ1) is 4.42. The van der Waals surface area contributed by atoms with Crippen LogP contribution in [0.25, 0.3) is 0 Å². The van der Waals surface area contributed by atoms with Crippen LogP contribution in [-0.2, 0) is 24.3 Å². The first-order valence-corrected chi connectivity index (χ1v) is 6.27. The highest BCUT2D eigenvalue weighted by Crippen LogP contribution is 1.91. The smallest absolute Gasteiger partial charge is 0.264 e. The van der Waals surface area contributed by atoms with Crippen molar-refractivity contribution in [2.24, 2.45) is 0 Å². The van der Waals surface area contributed by atoms with Crippen LogP contribution in [0.5, 0.6) is 0 Å². The zero-order valence-corrected chi connectivity index (χ0v) is 7.63. The summed E-state index contributed by atoms with van der Waals surface area (Å²) in [6.45, 7) is -0.130. The van der Waals surface area contributed by atoms with Crippen LogP contribution in [0.4, 0.5) is 0 Å². The molecule has 0 radical (unpaired) electrons. The van der Waals surface area contributed by atoms with Gasteiger partial charge < -0.3 is 0 Å². The molecule has 1 atom stereocenters. The van der Waals surface area contributed by atoms with Gasteiger partial charge in [-0.2, -0.15) is 8.42 Å². The summed E-state index contributed by atoms with van der Waals surface area (Å²) in [4.78, 5) is 0. The molecule has 0 amide bonds. The fraction of sp³-hybridized carbons (Fsp3) is 1.00. The van der Waals surface area contributed by atoms with Crippen molar-refractivity contribution in [2.45, 2.75) is 0 Å². The molecule has 0 aromatic rings. The van der Waals surface area contributed by atoms with Crippen LogP contribution in [0, 0.1) is 0 Å². The van der Waals surface area contributed by atoms with Gasteiger partial charge in [0, 0.05) is 0 Å². The molecule has 0 spiro atoms. The molecule has 0 aromatic carbocycles. The summed E-state index contributed by atoms with van der Waals surface area (Å²) in [6.07, 6.45) is 0.921. The standard InChI is InChI=1S/C3H7ClO4S2/c1-10(6,7)8-2-3-9(4)5/h2-3H2,1H3. The molecular formula is C3H7ClO4S2. The lowest BCUT2D eigenvalue weighted by Crippen LogP contribution is -2.08. The van der Waals surface area contributed by atoms with Gasteiger partial charge >= 0.3 is 0 Å². The Hall–Kier alpha value is 0.350. The van der Waals surface area contributed by atoms with Crippen molar-refractivity contribution >= 4 is 30.8 Å². The zero-order chi connectivity index (χ0) is 8.20. The molecule has 4 nitrogen and oxygen atoms in total. The minimum Gasteiger partial charge on any atom is -0.269 e. The fourth-order valence-corrected chi connectivity index (χ4v) is 1.15. The highest BCUT2D eigenvalue weighted by molar-refractivity contribution is 8.08. The lowest BCUT2D eigenvalue weighted by atomic mass is 10.9.